The zero-order valence-corrected chi connectivity index (χ0v) is 15.8. The van der Waals surface area contributed by atoms with Crippen LogP contribution in [-0.2, 0) is 0 Å². The Balaban J connectivity index is 1.54. The molecule has 0 atom stereocenters. The van der Waals surface area contributed by atoms with E-state index < -0.39 is 0 Å². The molecule has 6 nitrogen and oxygen atoms in total. The molecule has 0 unspecified atom stereocenters. The van der Waals surface area contributed by atoms with Crippen LogP contribution in [0.4, 0.5) is 5.13 Å². The van der Waals surface area contributed by atoms with E-state index in [1.807, 2.05) is 35.0 Å². The first-order valence-corrected chi connectivity index (χ1v) is 10.0. The Morgan fingerprint density at radius 1 is 1.19 bits per heavy atom. The number of benzene rings is 1. The van der Waals surface area contributed by atoms with Gasteiger partial charge >= 0.3 is 0 Å². The van der Waals surface area contributed by atoms with Crippen LogP contribution in [-0.4, -0.2) is 34.8 Å². The molecule has 2 N–H and O–H groups in total. The Morgan fingerprint density at radius 3 is 2.85 bits per heavy atom. The van der Waals surface area contributed by atoms with Gasteiger partial charge in [0.15, 0.2) is 16.9 Å². The second kappa shape index (κ2) is 7.35. The highest BCUT2D eigenvalue weighted by molar-refractivity contribution is 7.14. The second-order valence-corrected chi connectivity index (χ2v) is 7.56. The van der Waals surface area contributed by atoms with Crippen LogP contribution in [0.25, 0.3) is 22.0 Å². The van der Waals surface area contributed by atoms with Crippen molar-refractivity contribution in [3.8, 4) is 22.0 Å². The van der Waals surface area contributed by atoms with Crippen LogP contribution in [0.15, 0.2) is 40.0 Å². The molecule has 8 heteroatoms. The topological polar surface area (TPSA) is 79.3 Å². The molecule has 0 fully saturated rings. The summed E-state index contributed by atoms with van der Waals surface area (Å²) in [5.74, 6) is 0.829. The van der Waals surface area contributed by atoms with Crippen molar-refractivity contribution in [1.29, 1.82) is 0 Å². The summed E-state index contributed by atoms with van der Waals surface area (Å²) >= 11 is 3.07. The van der Waals surface area contributed by atoms with Crippen molar-refractivity contribution < 1.29 is 4.79 Å². The summed E-state index contributed by atoms with van der Waals surface area (Å²) in [6, 6.07) is 7.55. The minimum atomic E-state index is 0.0538. The lowest BCUT2D eigenvalue weighted by atomic mass is 10.1. The number of rotatable bonds is 4. The smallest absolute Gasteiger partial charge is 0.197 e. The van der Waals surface area contributed by atoms with E-state index in [0.717, 1.165) is 52.6 Å². The van der Waals surface area contributed by atoms with Crippen LogP contribution in [0.5, 0.6) is 0 Å². The molecule has 0 spiro atoms. The molecule has 1 aromatic carbocycles. The Kier molecular flexibility index (Phi) is 4.77. The Hall–Kier alpha value is -2.58. The number of anilines is 1. The van der Waals surface area contributed by atoms with E-state index >= 15 is 0 Å². The zero-order valence-electron chi connectivity index (χ0n) is 14.2. The largest absolute Gasteiger partial charge is 0.356 e. The number of Topliss-reactive ketones (excluding diaryl/α,β-unsaturated/α-hetero) is 1. The standard InChI is InChI=1S/C18H17N5OS2/c1-11(24)12-4-2-5-13(8-12)16-21-14(9-25-16)15-10-26-18(22-15)23-17-19-6-3-7-20-17/h2,4-5,8-10H,3,6-7H2,1H3,(H2,19,20,22,23). The molecule has 1 aliphatic rings. The van der Waals surface area contributed by atoms with Gasteiger partial charge in [-0.25, -0.2) is 9.97 Å². The average Bonchev–Trinajstić information content (AvgIpc) is 3.32. The van der Waals surface area contributed by atoms with Crippen LogP contribution in [0.2, 0.25) is 0 Å². The third-order valence-electron chi connectivity index (χ3n) is 3.91. The lowest BCUT2D eigenvalue weighted by Gasteiger charge is -2.13. The predicted molar refractivity (Wildman–Crippen MR) is 107 cm³/mol. The van der Waals surface area contributed by atoms with E-state index in [1.165, 1.54) is 11.3 Å². The summed E-state index contributed by atoms with van der Waals surface area (Å²) in [7, 11) is 0. The number of aromatic nitrogens is 2. The Bertz CT molecular complexity index is 975. The molecule has 3 heterocycles. The van der Waals surface area contributed by atoms with E-state index in [1.54, 1.807) is 18.3 Å². The molecule has 26 heavy (non-hydrogen) atoms. The van der Waals surface area contributed by atoms with Gasteiger partial charge in [0.25, 0.3) is 0 Å². The maximum absolute atomic E-state index is 11.6. The number of guanidine groups is 1. The maximum Gasteiger partial charge on any atom is 0.197 e. The van der Waals surface area contributed by atoms with Crippen molar-refractivity contribution in [2.75, 3.05) is 18.4 Å². The monoisotopic (exact) mass is 383 g/mol. The molecule has 0 amide bonds. The van der Waals surface area contributed by atoms with E-state index in [4.69, 9.17) is 0 Å². The number of carbonyl (C=O) groups is 1. The van der Waals surface area contributed by atoms with Crippen LogP contribution >= 0.6 is 22.7 Å². The van der Waals surface area contributed by atoms with Crippen molar-refractivity contribution >= 4 is 39.5 Å². The number of hydrogen-bond donors (Lipinski definition) is 2. The van der Waals surface area contributed by atoms with E-state index in [0.29, 0.717) is 5.56 Å². The van der Waals surface area contributed by atoms with Gasteiger partial charge in [0.05, 0.1) is 0 Å². The van der Waals surface area contributed by atoms with Crippen LogP contribution < -0.4 is 10.6 Å². The molecule has 2 aromatic heterocycles. The van der Waals surface area contributed by atoms with Crippen LogP contribution in [0.1, 0.15) is 23.7 Å². The maximum atomic E-state index is 11.6. The third-order valence-corrected chi connectivity index (χ3v) is 5.56. The number of thiazole rings is 2. The first-order valence-electron chi connectivity index (χ1n) is 8.27. The molecular weight excluding hydrogens is 366 g/mol. The lowest BCUT2D eigenvalue weighted by Crippen LogP contribution is -2.35. The van der Waals surface area contributed by atoms with Gasteiger partial charge in [-0.2, -0.15) is 0 Å². The van der Waals surface area contributed by atoms with E-state index in [9.17, 15) is 4.79 Å². The fourth-order valence-electron chi connectivity index (χ4n) is 2.56. The summed E-state index contributed by atoms with van der Waals surface area (Å²) in [6.45, 7) is 3.34. The summed E-state index contributed by atoms with van der Waals surface area (Å²) < 4.78 is 0. The van der Waals surface area contributed by atoms with Crippen LogP contribution in [0.3, 0.4) is 0 Å². The fourth-order valence-corrected chi connectivity index (χ4v) is 4.08. The minimum Gasteiger partial charge on any atom is -0.356 e. The van der Waals surface area contributed by atoms with Crippen molar-refractivity contribution in [3.63, 3.8) is 0 Å². The molecule has 0 saturated carbocycles. The first-order chi connectivity index (χ1) is 12.7. The average molecular weight is 384 g/mol. The van der Waals surface area contributed by atoms with Crippen molar-refractivity contribution in [3.05, 3.63) is 40.6 Å². The highest BCUT2D eigenvalue weighted by Crippen LogP contribution is 2.31. The van der Waals surface area contributed by atoms with Gasteiger partial charge in [-0.1, -0.05) is 18.2 Å². The van der Waals surface area contributed by atoms with Gasteiger partial charge in [0, 0.05) is 35.0 Å². The lowest BCUT2D eigenvalue weighted by molar-refractivity contribution is 0.101. The molecule has 0 radical (unpaired) electrons. The zero-order chi connectivity index (χ0) is 17.9. The number of aliphatic imine (C=N–C) groups is 1. The van der Waals surface area contributed by atoms with Crippen LogP contribution in [0, 0.1) is 0 Å². The van der Waals surface area contributed by atoms with Gasteiger partial charge < -0.3 is 10.6 Å². The number of carbonyl (C=O) groups excluding carboxylic acids is 1. The van der Waals surface area contributed by atoms with Crippen molar-refractivity contribution in [1.82, 2.24) is 15.3 Å². The first kappa shape index (κ1) is 16.9. The summed E-state index contributed by atoms with van der Waals surface area (Å²) in [4.78, 5) is 25.3. The van der Waals surface area contributed by atoms with Gasteiger partial charge in [-0.05, 0) is 19.4 Å². The molecule has 1 aliphatic heterocycles. The normalized spacial score (nSPS) is 13.8. The molecule has 3 aromatic rings. The number of ketones is 1. The quantitative estimate of drug-likeness (QED) is 0.668. The van der Waals surface area contributed by atoms with Crippen molar-refractivity contribution in [2.24, 2.45) is 4.99 Å². The fraction of sp³-hybridized carbons (Fsp3) is 0.222. The van der Waals surface area contributed by atoms with E-state index in [-0.39, 0.29) is 5.78 Å². The molecule has 0 saturated heterocycles. The predicted octanol–water partition coefficient (Wildman–Crippen LogP) is 3.90. The van der Waals surface area contributed by atoms with Gasteiger partial charge in [-0.15, -0.1) is 22.7 Å². The highest BCUT2D eigenvalue weighted by Gasteiger charge is 2.12. The second-order valence-electron chi connectivity index (χ2n) is 5.85. The highest BCUT2D eigenvalue weighted by atomic mass is 32.1. The number of nitrogens with zero attached hydrogens (tertiary/aromatic N) is 3. The molecule has 0 bridgehead atoms. The van der Waals surface area contributed by atoms with Gasteiger partial charge in [0.1, 0.15) is 16.4 Å². The third kappa shape index (κ3) is 3.66. The summed E-state index contributed by atoms with van der Waals surface area (Å²) in [5, 5.41) is 12.1. The van der Waals surface area contributed by atoms with Gasteiger partial charge in [0.2, 0.25) is 0 Å². The number of nitrogens with one attached hydrogen (secondary N) is 2. The Morgan fingerprint density at radius 2 is 2.04 bits per heavy atom. The number of hydrogen-bond acceptors (Lipinski definition) is 8. The Labute approximate surface area is 159 Å². The minimum absolute atomic E-state index is 0.0538. The summed E-state index contributed by atoms with van der Waals surface area (Å²) in [5.41, 5.74) is 3.31. The summed E-state index contributed by atoms with van der Waals surface area (Å²) in [6.07, 6.45) is 1.06. The van der Waals surface area contributed by atoms with Crippen molar-refractivity contribution in [2.45, 2.75) is 13.3 Å². The molecule has 132 valence electrons. The van der Waals surface area contributed by atoms with Gasteiger partial charge in [-0.3, -0.25) is 9.79 Å². The van der Waals surface area contributed by atoms with E-state index in [2.05, 4.69) is 25.6 Å². The SMILES string of the molecule is CC(=O)c1cccc(-c2nc(-c3csc(NC4=NCCCN4)n3)cs2)c1. The molecule has 0 aliphatic carbocycles. The molecule has 4 rings (SSSR count). The molecular formula is C18H17N5OS2.